The molecular formula is C23H22N4O2S. The van der Waals surface area contributed by atoms with Gasteiger partial charge in [-0.1, -0.05) is 54.2 Å². The maximum absolute atomic E-state index is 13.2. The molecule has 1 aromatic heterocycles. The molecule has 0 fully saturated rings. The molecule has 6 nitrogen and oxygen atoms in total. The number of nitrogens with zero attached hydrogens (tertiary/aromatic N) is 3. The molecule has 3 aromatic rings. The second-order valence-corrected chi connectivity index (χ2v) is 8.16. The Morgan fingerprint density at radius 3 is 2.67 bits per heavy atom. The van der Waals surface area contributed by atoms with Crippen LogP contribution in [0.15, 0.2) is 65.8 Å². The topological polar surface area (TPSA) is 75.2 Å². The summed E-state index contributed by atoms with van der Waals surface area (Å²) in [5, 5.41) is 3.44. The molecule has 0 bridgehead atoms. The van der Waals surface area contributed by atoms with Gasteiger partial charge >= 0.3 is 0 Å². The van der Waals surface area contributed by atoms with Crippen molar-refractivity contribution in [2.45, 2.75) is 31.5 Å². The number of rotatable bonds is 4. The average molecular weight is 419 g/mol. The van der Waals surface area contributed by atoms with Crippen LogP contribution in [0.4, 0.5) is 11.4 Å². The maximum atomic E-state index is 13.2. The molecule has 1 aliphatic heterocycles. The third-order valence-electron chi connectivity index (χ3n) is 4.86. The van der Waals surface area contributed by atoms with Crippen LogP contribution in [0.3, 0.4) is 0 Å². The van der Waals surface area contributed by atoms with E-state index in [4.69, 9.17) is 0 Å². The molecule has 2 amide bonds. The summed E-state index contributed by atoms with van der Waals surface area (Å²) < 4.78 is 0. The zero-order valence-electron chi connectivity index (χ0n) is 16.8. The van der Waals surface area contributed by atoms with E-state index in [9.17, 15) is 9.59 Å². The van der Waals surface area contributed by atoms with Gasteiger partial charge in [0.2, 0.25) is 11.8 Å². The smallest absolute Gasteiger partial charge is 0.237 e. The predicted molar refractivity (Wildman–Crippen MR) is 120 cm³/mol. The quantitative estimate of drug-likeness (QED) is 0.505. The molecule has 4 rings (SSSR count). The summed E-state index contributed by atoms with van der Waals surface area (Å²) in [6.45, 7) is 3.81. The third-order valence-corrected chi connectivity index (χ3v) is 5.69. The Hall–Kier alpha value is -3.19. The number of anilines is 2. The minimum absolute atomic E-state index is 0.0807. The fourth-order valence-corrected chi connectivity index (χ4v) is 4.29. The average Bonchev–Trinajstić information content (AvgIpc) is 2.86. The molecule has 0 saturated heterocycles. The van der Waals surface area contributed by atoms with E-state index in [1.54, 1.807) is 4.90 Å². The number of para-hydroxylation sites is 2. The number of hydrogen-bond acceptors (Lipinski definition) is 5. The SMILES string of the molecule is Cc1cc(-c2ccccc2)nc(SCC(=O)N2c3ccccc3NC(=O)C[C@H]2C)n1. The summed E-state index contributed by atoms with van der Waals surface area (Å²) in [5.74, 6) is 0.0140. The van der Waals surface area contributed by atoms with Crippen molar-refractivity contribution in [3.63, 3.8) is 0 Å². The number of amides is 2. The van der Waals surface area contributed by atoms with E-state index in [0.29, 0.717) is 10.8 Å². The molecule has 2 aromatic carbocycles. The van der Waals surface area contributed by atoms with Gasteiger partial charge in [0.1, 0.15) is 0 Å². The molecule has 0 saturated carbocycles. The van der Waals surface area contributed by atoms with Crippen molar-refractivity contribution in [2.24, 2.45) is 0 Å². The first-order valence-electron chi connectivity index (χ1n) is 9.76. The van der Waals surface area contributed by atoms with Crippen molar-refractivity contribution in [3.05, 3.63) is 66.4 Å². The number of hydrogen-bond donors (Lipinski definition) is 1. The van der Waals surface area contributed by atoms with Crippen LogP contribution < -0.4 is 10.2 Å². The van der Waals surface area contributed by atoms with Crippen molar-refractivity contribution in [1.82, 2.24) is 9.97 Å². The number of thioether (sulfide) groups is 1. The molecule has 7 heteroatoms. The van der Waals surface area contributed by atoms with Crippen LogP contribution >= 0.6 is 11.8 Å². The zero-order chi connectivity index (χ0) is 21.1. The molecule has 2 heterocycles. The first-order chi connectivity index (χ1) is 14.5. The summed E-state index contributed by atoms with van der Waals surface area (Å²) in [5.41, 5.74) is 4.07. The maximum Gasteiger partial charge on any atom is 0.237 e. The summed E-state index contributed by atoms with van der Waals surface area (Å²) >= 11 is 1.31. The normalized spacial score (nSPS) is 15.9. The van der Waals surface area contributed by atoms with Crippen LogP contribution in [0.2, 0.25) is 0 Å². The fraction of sp³-hybridized carbons (Fsp3) is 0.217. The minimum Gasteiger partial charge on any atom is -0.324 e. The van der Waals surface area contributed by atoms with Gasteiger partial charge < -0.3 is 10.2 Å². The van der Waals surface area contributed by atoms with Gasteiger partial charge in [-0.2, -0.15) is 0 Å². The summed E-state index contributed by atoms with van der Waals surface area (Å²) in [4.78, 5) is 36.1. The molecule has 152 valence electrons. The van der Waals surface area contributed by atoms with Crippen LogP contribution in [-0.4, -0.2) is 33.6 Å². The van der Waals surface area contributed by atoms with Gasteiger partial charge in [-0.25, -0.2) is 9.97 Å². The number of nitrogens with one attached hydrogen (secondary N) is 1. The number of fused-ring (bicyclic) bond motifs is 1. The van der Waals surface area contributed by atoms with Crippen molar-refractivity contribution < 1.29 is 9.59 Å². The Bertz CT molecular complexity index is 1090. The van der Waals surface area contributed by atoms with Crippen molar-refractivity contribution in [3.8, 4) is 11.3 Å². The highest BCUT2D eigenvalue weighted by atomic mass is 32.2. The van der Waals surface area contributed by atoms with Crippen molar-refractivity contribution in [1.29, 1.82) is 0 Å². The third kappa shape index (κ3) is 4.36. The van der Waals surface area contributed by atoms with Gasteiger partial charge in [0, 0.05) is 23.7 Å². The second kappa shape index (κ2) is 8.67. The van der Waals surface area contributed by atoms with Gasteiger partial charge in [-0.05, 0) is 32.0 Å². The van der Waals surface area contributed by atoms with Crippen LogP contribution in [-0.2, 0) is 9.59 Å². The molecular weight excluding hydrogens is 396 g/mol. The van der Waals surface area contributed by atoms with Crippen LogP contribution in [0.5, 0.6) is 0 Å². The first kappa shape index (κ1) is 20.1. The van der Waals surface area contributed by atoms with Gasteiger partial charge in [-0.15, -0.1) is 0 Å². The lowest BCUT2D eigenvalue weighted by molar-refractivity contribution is -0.117. The Kier molecular flexibility index (Phi) is 5.81. The molecule has 1 atom stereocenters. The van der Waals surface area contributed by atoms with Crippen molar-refractivity contribution in [2.75, 3.05) is 16.0 Å². The highest BCUT2D eigenvalue weighted by molar-refractivity contribution is 7.99. The Morgan fingerprint density at radius 2 is 1.87 bits per heavy atom. The second-order valence-electron chi connectivity index (χ2n) is 7.21. The summed E-state index contributed by atoms with van der Waals surface area (Å²) in [6.07, 6.45) is 0.254. The number of aryl methyl sites for hydroxylation is 1. The highest BCUT2D eigenvalue weighted by Gasteiger charge is 2.29. The highest BCUT2D eigenvalue weighted by Crippen LogP contribution is 2.32. The van der Waals surface area contributed by atoms with Crippen LogP contribution in [0.1, 0.15) is 19.0 Å². The number of carbonyl (C=O) groups is 2. The number of benzene rings is 2. The molecule has 0 aliphatic carbocycles. The standard InChI is InChI=1S/C23H22N4O2S/c1-15-12-19(17-8-4-3-5-9-17)26-23(24-15)30-14-22(29)27-16(2)13-21(28)25-18-10-6-7-11-20(18)27/h3-12,16H,13-14H2,1-2H3,(H,25,28)/t16-/m1/s1. The van der Waals surface area contributed by atoms with Crippen LogP contribution in [0, 0.1) is 6.92 Å². The van der Waals surface area contributed by atoms with E-state index in [0.717, 1.165) is 22.6 Å². The Morgan fingerprint density at radius 1 is 1.13 bits per heavy atom. The minimum atomic E-state index is -0.236. The van der Waals surface area contributed by atoms with E-state index in [1.807, 2.05) is 74.5 Å². The zero-order valence-corrected chi connectivity index (χ0v) is 17.6. The van der Waals surface area contributed by atoms with E-state index in [-0.39, 0.29) is 30.0 Å². The fourth-order valence-electron chi connectivity index (χ4n) is 3.53. The van der Waals surface area contributed by atoms with E-state index in [1.165, 1.54) is 11.8 Å². The van der Waals surface area contributed by atoms with Crippen molar-refractivity contribution >= 4 is 35.0 Å². The molecule has 0 spiro atoms. The number of aromatic nitrogens is 2. The van der Waals surface area contributed by atoms with E-state index < -0.39 is 0 Å². The van der Waals surface area contributed by atoms with Gasteiger partial charge in [-0.3, -0.25) is 9.59 Å². The lowest BCUT2D eigenvalue weighted by Gasteiger charge is -2.27. The van der Waals surface area contributed by atoms with E-state index >= 15 is 0 Å². The molecule has 0 radical (unpaired) electrons. The van der Waals surface area contributed by atoms with Gasteiger partial charge in [0.05, 0.1) is 22.8 Å². The lowest BCUT2D eigenvalue weighted by Crippen LogP contribution is -2.40. The molecule has 30 heavy (non-hydrogen) atoms. The summed E-state index contributed by atoms with van der Waals surface area (Å²) in [7, 11) is 0. The number of carbonyl (C=O) groups excluding carboxylic acids is 2. The lowest BCUT2D eigenvalue weighted by atomic mass is 10.1. The monoisotopic (exact) mass is 418 g/mol. The summed E-state index contributed by atoms with van der Waals surface area (Å²) in [6, 6.07) is 19.0. The van der Waals surface area contributed by atoms with E-state index in [2.05, 4.69) is 15.3 Å². The van der Waals surface area contributed by atoms with Gasteiger partial charge in [0.25, 0.3) is 0 Å². The predicted octanol–water partition coefficient (Wildman–Crippen LogP) is 4.31. The van der Waals surface area contributed by atoms with Crippen LogP contribution in [0.25, 0.3) is 11.3 Å². The van der Waals surface area contributed by atoms with Gasteiger partial charge in [0.15, 0.2) is 5.16 Å². The first-order valence-corrected chi connectivity index (χ1v) is 10.7. The largest absolute Gasteiger partial charge is 0.324 e. The molecule has 1 aliphatic rings. The Labute approximate surface area is 179 Å². The molecule has 1 N–H and O–H groups in total. The Balaban J connectivity index is 1.55. The molecule has 0 unspecified atom stereocenters.